The number of nitriles is 1. The van der Waals surface area contributed by atoms with Crippen molar-refractivity contribution in [3.05, 3.63) is 41.5 Å². The van der Waals surface area contributed by atoms with Crippen molar-refractivity contribution in [3.63, 3.8) is 0 Å². The average Bonchev–Trinajstić information content (AvgIpc) is 3.01. The summed E-state index contributed by atoms with van der Waals surface area (Å²) in [6.07, 6.45) is 0. The zero-order valence-corrected chi connectivity index (χ0v) is 11.6. The fraction of sp³-hybridized carbons (Fsp3) is 0.125. The van der Waals surface area contributed by atoms with E-state index in [0.29, 0.717) is 28.2 Å². The predicted octanol–water partition coefficient (Wildman–Crippen LogP) is 2.45. The number of benzene rings is 2. The molecule has 3 rings (SSSR count). The van der Waals surface area contributed by atoms with Gasteiger partial charge in [0.2, 0.25) is 6.79 Å². The van der Waals surface area contributed by atoms with Gasteiger partial charge in [0.1, 0.15) is 11.3 Å². The van der Waals surface area contributed by atoms with Gasteiger partial charge < -0.3 is 19.3 Å². The second kappa shape index (κ2) is 5.30. The molecule has 1 aliphatic rings. The standard InChI is InChI=1S/C16H11NO5/c1-20-16(19)11-3-2-10(6-13(11)18)12-4-9(7-17)5-14-15(12)22-8-21-14/h2-6,18H,8H2,1H3. The number of methoxy groups -OCH3 is 1. The number of ether oxygens (including phenoxy) is 3. The van der Waals surface area contributed by atoms with Gasteiger partial charge in [-0.1, -0.05) is 6.07 Å². The molecule has 0 aliphatic carbocycles. The van der Waals surface area contributed by atoms with Gasteiger partial charge in [-0.05, 0) is 23.8 Å². The first-order chi connectivity index (χ1) is 10.6. The summed E-state index contributed by atoms with van der Waals surface area (Å²) < 4.78 is 15.3. The summed E-state index contributed by atoms with van der Waals surface area (Å²) in [6.45, 7) is 0.0729. The first-order valence-corrected chi connectivity index (χ1v) is 6.39. The Morgan fingerprint density at radius 3 is 2.82 bits per heavy atom. The van der Waals surface area contributed by atoms with E-state index in [0.717, 1.165) is 0 Å². The SMILES string of the molecule is COC(=O)c1ccc(-c2cc(C#N)cc3c2OCO3)cc1O. The van der Waals surface area contributed by atoms with Crippen molar-refractivity contribution in [1.82, 2.24) is 0 Å². The lowest BCUT2D eigenvalue weighted by Gasteiger charge is -2.09. The summed E-state index contributed by atoms with van der Waals surface area (Å²) >= 11 is 0. The van der Waals surface area contributed by atoms with E-state index in [9.17, 15) is 9.90 Å². The number of aromatic hydroxyl groups is 1. The molecule has 110 valence electrons. The van der Waals surface area contributed by atoms with E-state index in [1.54, 1.807) is 18.2 Å². The van der Waals surface area contributed by atoms with Crippen LogP contribution in [0.15, 0.2) is 30.3 Å². The third-order valence-corrected chi connectivity index (χ3v) is 3.32. The molecule has 0 bridgehead atoms. The normalized spacial score (nSPS) is 11.8. The van der Waals surface area contributed by atoms with Crippen molar-refractivity contribution in [3.8, 4) is 34.4 Å². The third kappa shape index (κ3) is 2.19. The van der Waals surface area contributed by atoms with Gasteiger partial charge in [-0.2, -0.15) is 5.26 Å². The summed E-state index contributed by atoms with van der Waals surface area (Å²) in [6, 6.07) is 9.80. The second-order valence-corrected chi connectivity index (χ2v) is 4.59. The van der Waals surface area contributed by atoms with Crippen molar-refractivity contribution >= 4 is 5.97 Å². The number of rotatable bonds is 2. The molecule has 0 radical (unpaired) electrons. The Hall–Kier alpha value is -3.20. The average molecular weight is 297 g/mol. The van der Waals surface area contributed by atoms with Crippen LogP contribution in [-0.2, 0) is 4.74 Å². The number of carbonyl (C=O) groups excluding carboxylic acids is 1. The smallest absolute Gasteiger partial charge is 0.341 e. The molecule has 1 N–H and O–H groups in total. The second-order valence-electron chi connectivity index (χ2n) is 4.59. The molecule has 0 saturated carbocycles. The number of nitrogens with zero attached hydrogens (tertiary/aromatic N) is 1. The van der Waals surface area contributed by atoms with Crippen molar-refractivity contribution in [2.75, 3.05) is 13.9 Å². The van der Waals surface area contributed by atoms with E-state index < -0.39 is 5.97 Å². The summed E-state index contributed by atoms with van der Waals surface area (Å²) in [4.78, 5) is 11.5. The maximum atomic E-state index is 11.5. The van der Waals surface area contributed by atoms with E-state index in [1.807, 2.05) is 6.07 Å². The molecule has 6 nitrogen and oxygen atoms in total. The molecule has 2 aromatic carbocycles. The molecular weight excluding hydrogens is 286 g/mol. The van der Waals surface area contributed by atoms with Gasteiger partial charge in [0.05, 0.1) is 18.7 Å². The molecule has 1 aliphatic heterocycles. The molecule has 0 atom stereocenters. The Labute approximate surface area is 126 Å². The van der Waals surface area contributed by atoms with Crippen LogP contribution in [0.4, 0.5) is 0 Å². The molecule has 2 aromatic rings. The van der Waals surface area contributed by atoms with Gasteiger partial charge in [-0.25, -0.2) is 4.79 Å². The molecule has 0 amide bonds. The molecule has 0 aromatic heterocycles. The fourth-order valence-corrected chi connectivity index (χ4v) is 2.27. The van der Waals surface area contributed by atoms with Crippen molar-refractivity contribution in [2.45, 2.75) is 0 Å². The topological polar surface area (TPSA) is 88.8 Å². The zero-order valence-electron chi connectivity index (χ0n) is 11.6. The van der Waals surface area contributed by atoms with Gasteiger partial charge in [-0.15, -0.1) is 0 Å². The highest BCUT2D eigenvalue weighted by Gasteiger charge is 2.21. The first-order valence-electron chi connectivity index (χ1n) is 6.39. The largest absolute Gasteiger partial charge is 0.507 e. The van der Waals surface area contributed by atoms with Crippen LogP contribution >= 0.6 is 0 Å². The quantitative estimate of drug-likeness (QED) is 0.856. The minimum absolute atomic E-state index is 0.0662. The molecule has 0 saturated heterocycles. The Morgan fingerprint density at radius 2 is 2.14 bits per heavy atom. The van der Waals surface area contributed by atoms with E-state index in [4.69, 9.17) is 14.7 Å². The Balaban J connectivity index is 2.13. The molecule has 0 spiro atoms. The van der Waals surface area contributed by atoms with Crippen LogP contribution in [-0.4, -0.2) is 25.0 Å². The highest BCUT2D eigenvalue weighted by molar-refractivity contribution is 5.93. The third-order valence-electron chi connectivity index (χ3n) is 3.32. The van der Waals surface area contributed by atoms with Crippen molar-refractivity contribution in [1.29, 1.82) is 5.26 Å². The van der Waals surface area contributed by atoms with Crippen molar-refractivity contribution < 1.29 is 24.1 Å². The first kappa shape index (κ1) is 13.8. The minimum atomic E-state index is -0.625. The lowest BCUT2D eigenvalue weighted by atomic mass is 9.99. The maximum Gasteiger partial charge on any atom is 0.341 e. The van der Waals surface area contributed by atoms with Crippen LogP contribution in [0.25, 0.3) is 11.1 Å². The number of phenolic OH excluding ortho intramolecular Hbond substituents is 1. The highest BCUT2D eigenvalue weighted by atomic mass is 16.7. The molecule has 0 unspecified atom stereocenters. The van der Waals surface area contributed by atoms with Crippen LogP contribution in [0.2, 0.25) is 0 Å². The number of phenols is 1. The van der Waals surface area contributed by atoms with Gasteiger partial charge in [-0.3, -0.25) is 0 Å². The van der Waals surface area contributed by atoms with Gasteiger partial charge in [0, 0.05) is 11.6 Å². The summed E-state index contributed by atoms with van der Waals surface area (Å²) in [7, 11) is 1.24. The number of carbonyl (C=O) groups is 1. The van der Waals surface area contributed by atoms with Gasteiger partial charge >= 0.3 is 5.97 Å². The van der Waals surface area contributed by atoms with Gasteiger partial charge in [0.15, 0.2) is 11.5 Å². The predicted molar refractivity (Wildman–Crippen MR) is 75.7 cm³/mol. The molecule has 1 heterocycles. The fourth-order valence-electron chi connectivity index (χ4n) is 2.27. The Bertz CT molecular complexity index is 807. The van der Waals surface area contributed by atoms with Crippen LogP contribution in [0.5, 0.6) is 17.2 Å². The minimum Gasteiger partial charge on any atom is -0.507 e. The molecule has 0 fully saturated rings. The Kier molecular flexibility index (Phi) is 3.31. The van der Waals surface area contributed by atoms with Crippen LogP contribution in [0.1, 0.15) is 15.9 Å². The summed E-state index contributed by atoms with van der Waals surface area (Å²) in [5, 5.41) is 19.1. The zero-order chi connectivity index (χ0) is 15.7. The highest BCUT2D eigenvalue weighted by Crippen LogP contribution is 2.43. The van der Waals surface area contributed by atoms with Crippen LogP contribution < -0.4 is 9.47 Å². The number of hydrogen-bond acceptors (Lipinski definition) is 6. The molecule has 22 heavy (non-hydrogen) atoms. The van der Waals surface area contributed by atoms with E-state index in [1.165, 1.54) is 19.2 Å². The van der Waals surface area contributed by atoms with Crippen molar-refractivity contribution in [2.24, 2.45) is 0 Å². The maximum absolute atomic E-state index is 11.5. The van der Waals surface area contributed by atoms with Crippen LogP contribution in [0.3, 0.4) is 0 Å². The number of hydrogen-bond donors (Lipinski definition) is 1. The summed E-state index contributed by atoms with van der Waals surface area (Å²) in [5.74, 6) is 0.147. The lowest BCUT2D eigenvalue weighted by molar-refractivity contribution is 0.0597. The Morgan fingerprint density at radius 1 is 1.32 bits per heavy atom. The van der Waals surface area contributed by atoms with Gasteiger partial charge in [0.25, 0.3) is 0 Å². The van der Waals surface area contributed by atoms with E-state index in [-0.39, 0.29) is 18.1 Å². The number of esters is 1. The lowest BCUT2D eigenvalue weighted by Crippen LogP contribution is -2.01. The summed E-state index contributed by atoms with van der Waals surface area (Å²) in [5.41, 5.74) is 1.69. The molecular formula is C16H11NO5. The van der Waals surface area contributed by atoms with Crippen LogP contribution in [0, 0.1) is 11.3 Å². The van der Waals surface area contributed by atoms with E-state index in [2.05, 4.69) is 4.74 Å². The number of fused-ring (bicyclic) bond motifs is 1. The monoisotopic (exact) mass is 297 g/mol. The molecule has 6 heteroatoms. The van der Waals surface area contributed by atoms with E-state index >= 15 is 0 Å².